The maximum atomic E-state index is 11.4. The van der Waals surface area contributed by atoms with Crippen LogP contribution in [0.1, 0.15) is 71.6 Å². The summed E-state index contributed by atoms with van der Waals surface area (Å²) in [4.78, 5) is 0. The minimum atomic E-state index is -0.662. The normalized spacial score (nSPS) is 53.5. The quantitative estimate of drug-likeness (QED) is 0.735. The molecule has 0 heterocycles. The lowest BCUT2D eigenvalue weighted by atomic mass is 9.48. The average Bonchev–Trinajstić information content (AvgIpc) is 2.87. The molecule has 0 spiro atoms. The van der Waals surface area contributed by atoms with Gasteiger partial charge in [0.25, 0.3) is 0 Å². The zero-order chi connectivity index (χ0) is 18.7. The predicted molar refractivity (Wildman–Crippen MR) is 104 cm³/mol. The van der Waals surface area contributed by atoms with Gasteiger partial charge in [-0.05, 0) is 99.9 Å². The molecule has 2 N–H and O–H groups in total. The first-order valence-corrected chi connectivity index (χ1v) is 10.8. The molecule has 0 aromatic heterocycles. The van der Waals surface area contributed by atoms with Crippen molar-refractivity contribution in [1.29, 1.82) is 0 Å². The number of aliphatic hydroxyl groups is 2. The molecule has 26 heavy (non-hydrogen) atoms. The van der Waals surface area contributed by atoms with Gasteiger partial charge in [-0.1, -0.05) is 13.5 Å². The number of hydrogen-bond acceptors (Lipinski definition) is 3. The second-order valence-corrected chi connectivity index (χ2v) is 10.5. The fourth-order valence-electron chi connectivity index (χ4n) is 8.08. The molecule has 148 valence electrons. The fraction of sp³-hybridized carbons (Fsp3) is 0.913. The lowest BCUT2D eigenvalue weighted by Crippen LogP contribution is -2.55. The molecule has 0 amide bonds. The van der Waals surface area contributed by atoms with E-state index < -0.39 is 11.2 Å². The van der Waals surface area contributed by atoms with Crippen LogP contribution in [0.5, 0.6) is 0 Å². The van der Waals surface area contributed by atoms with Crippen LogP contribution in [0.25, 0.3) is 0 Å². The molecule has 4 aliphatic rings. The Bertz CT molecular complexity index is 574. The van der Waals surface area contributed by atoms with E-state index in [1.807, 2.05) is 6.92 Å². The Hall–Kier alpha value is -0.380. The smallest absolute Gasteiger partial charge is 0.0907 e. The third-order valence-electron chi connectivity index (χ3n) is 9.37. The van der Waals surface area contributed by atoms with Crippen molar-refractivity contribution in [2.45, 2.75) is 82.8 Å². The molecule has 0 aromatic rings. The SMILES string of the molecule is C=C(C)C1(O)CC[C@H]2[C@@H]3CC[C@@H]4C[C@@](O)(COC)CC[C@@H]4[C@H]3CC[C@@]21C. The molecule has 0 saturated heterocycles. The largest absolute Gasteiger partial charge is 0.387 e. The van der Waals surface area contributed by atoms with Crippen molar-refractivity contribution in [2.24, 2.45) is 35.0 Å². The number of ether oxygens (including phenoxy) is 1. The third kappa shape index (κ3) is 2.57. The van der Waals surface area contributed by atoms with Crippen LogP contribution in [0.15, 0.2) is 12.2 Å². The van der Waals surface area contributed by atoms with Gasteiger partial charge in [-0.25, -0.2) is 0 Å². The van der Waals surface area contributed by atoms with Crippen LogP contribution in [0.3, 0.4) is 0 Å². The van der Waals surface area contributed by atoms with Gasteiger partial charge in [0.05, 0.1) is 17.8 Å². The predicted octanol–water partition coefficient (Wildman–Crippen LogP) is 4.32. The Morgan fingerprint density at radius 3 is 2.42 bits per heavy atom. The standard InChI is InChI=1S/C23H38O3/c1-15(2)23(25)12-9-20-19-6-5-16-13-22(24,14-26-4)11-8-17(16)18(19)7-10-21(20,23)3/h16-20,24-25H,1,5-14H2,2-4H3/t16-,17+,18-,19-,20+,21+,22-,23?/m1/s1. The van der Waals surface area contributed by atoms with Crippen LogP contribution in [-0.4, -0.2) is 35.1 Å². The van der Waals surface area contributed by atoms with Crippen LogP contribution >= 0.6 is 0 Å². The van der Waals surface area contributed by atoms with Crippen molar-refractivity contribution in [2.75, 3.05) is 13.7 Å². The number of methoxy groups -OCH3 is 1. The monoisotopic (exact) mass is 362 g/mol. The Balaban J connectivity index is 1.54. The minimum absolute atomic E-state index is 0.0122. The van der Waals surface area contributed by atoms with E-state index >= 15 is 0 Å². The van der Waals surface area contributed by atoms with Crippen molar-refractivity contribution in [3.8, 4) is 0 Å². The van der Waals surface area contributed by atoms with Crippen LogP contribution in [0, 0.1) is 35.0 Å². The highest BCUT2D eigenvalue weighted by molar-refractivity contribution is 5.24. The van der Waals surface area contributed by atoms with Gasteiger partial charge in [0, 0.05) is 12.5 Å². The maximum absolute atomic E-state index is 11.4. The van der Waals surface area contributed by atoms with E-state index in [1.165, 1.54) is 19.3 Å². The van der Waals surface area contributed by atoms with Crippen molar-refractivity contribution in [1.82, 2.24) is 0 Å². The van der Waals surface area contributed by atoms with Gasteiger partial charge in [-0.2, -0.15) is 0 Å². The molecule has 4 saturated carbocycles. The van der Waals surface area contributed by atoms with Gasteiger partial charge in [0.2, 0.25) is 0 Å². The molecular formula is C23H38O3. The molecule has 0 aromatic carbocycles. The van der Waals surface area contributed by atoms with E-state index in [4.69, 9.17) is 4.74 Å². The zero-order valence-corrected chi connectivity index (χ0v) is 17.0. The van der Waals surface area contributed by atoms with Gasteiger partial charge in [0.15, 0.2) is 0 Å². The number of rotatable bonds is 3. The minimum Gasteiger partial charge on any atom is -0.387 e. The zero-order valence-electron chi connectivity index (χ0n) is 17.0. The Morgan fingerprint density at radius 2 is 1.73 bits per heavy atom. The first-order chi connectivity index (χ1) is 12.2. The topological polar surface area (TPSA) is 49.7 Å². The summed E-state index contributed by atoms with van der Waals surface area (Å²) in [6, 6.07) is 0. The molecular weight excluding hydrogens is 324 g/mol. The fourth-order valence-corrected chi connectivity index (χ4v) is 8.08. The molecule has 4 fully saturated rings. The maximum Gasteiger partial charge on any atom is 0.0907 e. The van der Waals surface area contributed by atoms with E-state index in [9.17, 15) is 10.2 Å². The summed E-state index contributed by atoms with van der Waals surface area (Å²) in [7, 11) is 1.70. The molecule has 0 radical (unpaired) electrons. The number of fused-ring (bicyclic) bond motifs is 5. The van der Waals surface area contributed by atoms with E-state index in [1.54, 1.807) is 7.11 Å². The van der Waals surface area contributed by atoms with Crippen LogP contribution in [0.4, 0.5) is 0 Å². The molecule has 3 heteroatoms. The summed E-state index contributed by atoms with van der Waals surface area (Å²) in [5.41, 5.74) is -0.278. The lowest BCUT2D eigenvalue weighted by molar-refractivity contribution is -0.139. The van der Waals surface area contributed by atoms with Gasteiger partial charge in [-0.15, -0.1) is 0 Å². The summed E-state index contributed by atoms with van der Waals surface area (Å²) in [6.07, 6.45) is 9.93. The summed E-state index contributed by atoms with van der Waals surface area (Å²) < 4.78 is 5.30. The summed E-state index contributed by atoms with van der Waals surface area (Å²) >= 11 is 0. The summed E-state index contributed by atoms with van der Waals surface area (Å²) in [5, 5.41) is 22.3. The highest BCUT2D eigenvalue weighted by Gasteiger charge is 2.63. The molecule has 3 nitrogen and oxygen atoms in total. The Kier molecular flexibility index (Phi) is 4.61. The summed E-state index contributed by atoms with van der Waals surface area (Å²) in [6.45, 7) is 9.01. The summed E-state index contributed by atoms with van der Waals surface area (Å²) in [5.74, 6) is 3.64. The average molecular weight is 363 g/mol. The van der Waals surface area contributed by atoms with E-state index in [2.05, 4.69) is 13.5 Å². The highest BCUT2D eigenvalue weighted by atomic mass is 16.5. The molecule has 8 atom stereocenters. The Labute approximate surface area is 159 Å². The second kappa shape index (κ2) is 6.32. The second-order valence-electron chi connectivity index (χ2n) is 10.5. The van der Waals surface area contributed by atoms with Gasteiger partial charge in [0.1, 0.15) is 0 Å². The lowest BCUT2D eigenvalue weighted by Gasteiger charge is -2.58. The van der Waals surface area contributed by atoms with E-state index in [-0.39, 0.29) is 5.41 Å². The molecule has 4 aliphatic carbocycles. The van der Waals surface area contributed by atoms with Crippen molar-refractivity contribution in [3.63, 3.8) is 0 Å². The Morgan fingerprint density at radius 1 is 1.00 bits per heavy atom. The molecule has 0 bridgehead atoms. The third-order valence-corrected chi connectivity index (χ3v) is 9.37. The van der Waals surface area contributed by atoms with Crippen LogP contribution in [0.2, 0.25) is 0 Å². The van der Waals surface area contributed by atoms with Crippen molar-refractivity contribution < 1.29 is 14.9 Å². The van der Waals surface area contributed by atoms with Crippen LogP contribution < -0.4 is 0 Å². The van der Waals surface area contributed by atoms with Crippen molar-refractivity contribution in [3.05, 3.63) is 12.2 Å². The first-order valence-electron chi connectivity index (χ1n) is 10.8. The molecule has 0 aliphatic heterocycles. The first kappa shape index (κ1) is 19.0. The van der Waals surface area contributed by atoms with E-state index in [0.29, 0.717) is 18.4 Å². The van der Waals surface area contributed by atoms with Crippen LogP contribution in [-0.2, 0) is 4.74 Å². The van der Waals surface area contributed by atoms with Crippen molar-refractivity contribution >= 4 is 0 Å². The van der Waals surface area contributed by atoms with E-state index in [0.717, 1.165) is 61.9 Å². The van der Waals surface area contributed by atoms with Gasteiger partial charge in [-0.3, -0.25) is 0 Å². The number of hydrogen-bond donors (Lipinski definition) is 2. The molecule has 4 rings (SSSR count). The van der Waals surface area contributed by atoms with Gasteiger partial charge >= 0.3 is 0 Å². The van der Waals surface area contributed by atoms with Gasteiger partial charge < -0.3 is 14.9 Å². The molecule has 1 unspecified atom stereocenters. The highest BCUT2D eigenvalue weighted by Crippen LogP contribution is 2.66.